The normalized spacial score (nSPS) is 12.1. The Morgan fingerprint density at radius 3 is 2.71 bits per heavy atom. The molecule has 1 atom stereocenters. The highest BCUT2D eigenvalue weighted by molar-refractivity contribution is 7.21. The molecule has 112 valence electrons. The fourth-order valence-corrected chi connectivity index (χ4v) is 3.02. The molecular weight excluding hydrogens is 290 g/mol. The minimum Gasteiger partial charge on any atom is -0.396 e. The minimum atomic E-state index is -0.296. The summed E-state index contributed by atoms with van der Waals surface area (Å²) >= 11 is 1.21. The van der Waals surface area contributed by atoms with Gasteiger partial charge in [0.2, 0.25) is 5.91 Å². The van der Waals surface area contributed by atoms with E-state index in [2.05, 4.69) is 15.3 Å². The van der Waals surface area contributed by atoms with Gasteiger partial charge in [-0.15, -0.1) is 11.3 Å². The Morgan fingerprint density at radius 1 is 1.43 bits per heavy atom. The highest BCUT2D eigenvalue weighted by Crippen LogP contribution is 2.31. The second kappa shape index (κ2) is 6.04. The predicted molar refractivity (Wildman–Crippen MR) is 82.0 cm³/mol. The number of aromatic nitrogens is 2. The van der Waals surface area contributed by atoms with Crippen LogP contribution in [-0.4, -0.2) is 47.3 Å². The summed E-state index contributed by atoms with van der Waals surface area (Å²) in [7, 11) is 3.22. The summed E-state index contributed by atoms with van der Waals surface area (Å²) in [5.41, 5.74) is 6.86. The second-order valence-corrected chi connectivity index (χ2v) is 5.76. The Labute approximate surface area is 126 Å². The molecule has 2 rings (SSSR count). The maximum atomic E-state index is 12.5. The molecule has 0 spiro atoms. The van der Waals surface area contributed by atoms with Crippen molar-refractivity contribution in [2.75, 3.05) is 26.4 Å². The van der Waals surface area contributed by atoms with E-state index in [1.165, 1.54) is 22.4 Å². The summed E-state index contributed by atoms with van der Waals surface area (Å²) < 4.78 is 0. The van der Waals surface area contributed by atoms with Crippen LogP contribution < -0.4 is 11.1 Å². The van der Waals surface area contributed by atoms with E-state index in [1.54, 1.807) is 27.2 Å². The number of fused-ring (bicyclic) bond motifs is 1. The summed E-state index contributed by atoms with van der Waals surface area (Å²) in [5, 5.41) is 2.56. The smallest absolute Gasteiger partial charge is 0.265 e. The Bertz CT molecular complexity index is 684. The van der Waals surface area contributed by atoms with Gasteiger partial charge < -0.3 is 16.0 Å². The van der Waals surface area contributed by atoms with Gasteiger partial charge in [0.25, 0.3) is 5.91 Å². The molecule has 2 heterocycles. The second-order valence-electron chi connectivity index (χ2n) is 4.76. The van der Waals surface area contributed by atoms with Gasteiger partial charge in [-0.05, 0) is 0 Å². The standard InChI is InChI=1S/C13H17N5O2S/c1-7(11(19)15-2)6-18(3)13(20)10-8(14)9-12(21-10)17-5-4-16-9/h4-5,7H,6,14H2,1-3H3,(H,15,19). The van der Waals surface area contributed by atoms with Crippen LogP contribution in [0.5, 0.6) is 0 Å². The third-order valence-electron chi connectivity index (χ3n) is 3.15. The number of thiophene rings is 1. The van der Waals surface area contributed by atoms with Gasteiger partial charge in [0.15, 0.2) is 0 Å². The molecule has 21 heavy (non-hydrogen) atoms. The first-order valence-electron chi connectivity index (χ1n) is 6.41. The van der Waals surface area contributed by atoms with Crippen molar-refractivity contribution in [1.29, 1.82) is 0 Å². The molecule has 2 amide bonds. The van der Waals surface area contributed by atoms with E-state index in [0.717, 1.165) is 0 Å². The number of anilines is 1. The third kappa shape index (κ3) is 2.94. The maximum absolute atomic E-state index is 12.5. The third-order valence-corrected chi connectivity index (χ3v) is 4.24. The summed E-state index contributed by atoms with van der Waals surface area (Å²) in [5.74, 6) is -0.633. The van der Waals surface area contributed by atoms with Crippen molar-refractivity contribution >= 4 is 39.2 Å². The van der Waals surface area contributed by atoms with E-state index in [0.29, 0.717) is 27.5 Å². The van der Waals surface area contributed by atoms with Crippen LogP contribution in [0.2, 0.25) is 0 Å². The molecule has 2 aromatic rings. The Kier molecular flexibility index (Phi) is 4.37. The molecule has 1 unspecified atom stereocenters. The van der Waals surface area contributed by atoms with Crippen molar-refractivity contribution in [2.24, 2.45) is 5.92 Å². The lowest BCUT2D eigenvalue weighted by Gasteiger charge is -2.20. The lowest BCUT2D eigenvalue weighted by molar-refractivity contribution is -0.124. The monoisotopic (exact) mass is 307 g/mol. The van der Waals surface area contributed by atoms with Gasteiger partial charge in [-0.1, -0.05) is 6.92 Å². The van der Waals surface area contributed by atoms with Gasteiger partial charge in [-0.3, -0.25) is 9.59 Å². The minimum absolute atomic E-state index is 0.109. The van der Waals surface area contributed by atoms with E-state index >= 15 is 0 Å². The van der Waals surface area contributed by atoms with Crippen LogP contribution in [0.15, 0.2) is 12.4 Å². The zero-order valence-corrected chi connectivity index (χ0v) is 12.9. The van der Waals surface area contributed by atoms with Gasteiger partial charge in [0.1, 0.15) is 15.2 Å². The van der Waals surface area contributed by atoms with Crippen molar-refractivity contribution in [3.63, 3.8) is 0 Å². The topological polar surface area (TPSA) is 101 Å². The fraction of sp³-hybridized carbons (Fsp3) is 0.385. The molecule has 0 radical (unpaired) electrons. The first-order valence-corrected chi connectivity index (χ1v) is 7.23. The average molecular weight is 307 g/mol. The van der Waals surface area contributed by atoms with Gasteiger partial charge in [-0.2, -0.15) is 0 Å². The van der Waals surface area contributed by atoms with E-state index in [9.17, 15) is 9.59 Å². The number of nitrogens with two attached hydrogens (primary N) is 1. The molecule has 0 saturated heterocycles. The molecule has 0 fully saturated rings. The number of nitrogens with zero attached hydrogens (tertiary/aromatic N) is 3. The summed E-state index contributed by atoms with van der Waals surface area (Å²) in [4.78, 5) is 34.8. The van der Waals surface area contributed by atoms with Gasteiger partial charge in [-0.25, -0.2) is 9.97 Å². The average Bonchev–Trinajstić information content (AvgIpc) is 2.83. The Morgan fingerprint density at radius 2 is 2.10 bits per heavy atom. The van der Waals surface area contributed by atoms with Crippen LogP contribution in [-0.2, 0) is 4.79 Å². The van der Waals surface area contributed by atoms with E-state index < -0.39 is 0 Å². The molecule has 8 heteroatoms. The van der Waals surface area contributed by atoms with Crippen molar-refractivity contribution in [3.05, 3.63) is 17.3 Å². The van der Waals surface area contributed by atoms with Crippen LogP contribution in [0.25, 0.3) is 10.3 Å². The largest absolute Gasteiger partial charge is 0.396 e. The van der Waals surface area contributed by atoms with Crippen molar-refractivity contribution in [2.45, 2.75) is 6.92 Å². The molecule has 0 aliphatic heterocycles. The number of nitrogens with one attached hydrogen (secondary N) is 1. The van der Waals surface area contributed by atoms with Gasteiger partial charge >= 0.3 is 0 Å². The zero-order valence-electron chi connectivity index (χ0n) is 12.1. The summed E-state index contributed by atoms with van der Waals surface area (Å²) in [6, 6.07) is 0. The van der Waals surface area contributed by atoms with Crippen LogP contribution >= 0.6 is 11.3 Å². The number of hydrogen-bond donors (Lipinski definition) is 2. The lowest BCUT2D eigenvalue weighted by Crippen LogP contribution is -2.37. The molecule has 7 nitrogen and oxygen atoms in total. The number of carbonyl (C=O) groups is 2. The van der Waals surface area contributed by atoms with Crippen LogP contribution in [0, 0.1) is 5.92 Å². The maximum Gasteiger partial charge on any atom is 0.265 e. The first kappa shape index (κ1) is 15.2. The Hall–Kier alpha value is -2.22. The van der Waals surface area contributed by atoms with E-state index in [-0.39, 0.29) is 17.7 Å². The van der Waals surface area contributed by atoms with E-state index in [1.807, 2.05) is 0 Å². The van der Waals surface area contributed by atoms with Crippen molar-refractivity contribution < 1.29 is 9.59 Å². The number of amides is 2. The van der Waals surface area contributed by atoms with Crippen LogP contribution in [0.4, 0.5) is 5.69 Å². The van der Waals surface area contributed by atoms with Gasteiger partial charge in [0, 0.05) is 33.0 Å². The van der Waals surface area contributed by atoms with Gasteiger partial charge in [0.05, 0.1) is 11.6 Å². The predicted octanol–water partition coefficient (Wildman–Crippen LogP) is 0.728. The zero-order chi connectivity index (χ0) is 15.6. The molecule has 3 N–H and O–H groups in total. The summed E-state index contributed by atoms with van der Waals surface area (Å²) in [6.45, 7) is 2.08. The Balaban J connectivity index is 2.22. The summed E-state index contributed by atoms with van der Waals surface area (Å²) in [6.07, 6.45) is 3.10. The molecule has 0 aliphatic rings. The number of hydrogen-bond acceptors (Lipinski definition) is 6. The highest BCUT2D eigenvalue weighted by Gasteiger charge is 2.23. The van der Waals surface area contributed by atoms with Crippen LogP contribution in [0.1, 0.15) is 16.6 Å². The number of rotatable bonds is 4. The molecule has 0 bridgehead atoms. The number of nitrogen functional groups attached to an aromatic ring is 1. The fourth-order valence-electron chi connectivity index (χ4n) is 2.00. The molecule has 0 aromatic carbocycles. The molecular formula is C13H17N5O2S. The number of carbonyl (C=O) groups excluding carboxylic acids is 2. The first-order chi connectivity index (χ1) is 9.95. The van der Waals surface area contributed by atoms with E-state index in [4.69, 9.17) is 5.73 Å². The van der Waals surface area contributed by atoms with Crippen molar-refractivity contribution in [3.8, 4) is 0 Å². The van der Waals surface area contributed by atoms with Crippen molar-refractivity contribution in [1.82, 2.24) is 20.2 Å². The molecule has 2 aromatic heterocycles. The quantitative estimate of drug-likeness (QED) is 0.867. The molecule has 0 saturated carbocycles. The lowest BCUT2D eigenvalue weighted by atomic mass is 10.1. The molecule has 0 aliphatic carbocycles. The van der Waals surface area contributed by atoms with Crippen LogP contribution in [0.3, 0.4) is 0 Å². The highest BCUT2D eigenvalue weighted by atomic mass is 32.1. The SMILES string of the molecule is CNC(=O)C(C)CN(C)C(=O)c1sc2nccnc2c1N.